The van der Waals surface area contributed by atoms with Crippen molar-refractivity contribution in [2.75, 3.05) is 0 Å². The minimum absolute atomic E-state index is 1.18. The standard InChI is InChI=1S/C22H40/c1-5-9-12-13-14-15-16-19-22(18-11-7-3)20-21(8-4)17-10-6-2/h5,19-20H,1,6-18H2,2-4H3. The maximum Gasteiger partial charge on any atom is -0.0282 e. The summed E-state index contributed by atoms with van der Waals surface area (Å²) in [7, 11) is 0. The van der Waals surface area contributed by atoms with E-state index in [4.69, 9.17) is 0 Å². The van der Waals surface area contributed by atoms with Crippen molar-refractivity contribution in [3.05, 3.63) is 36.0 Å². The van der Waals surface area contributed by atoms with Gasteiger partial charge in [-0.05, 0) is 57.8 Å². The first kappa shape index (κ1) is 21.2. The van der Waals surface area contributed by atoms with E-state index in [0.29, 0.717) is 0 Å². The fraction of sp³-hybridized carbons (Fsp3) is 0.727. The van der Waals surface area contributed by atoms with E-state index in [-0.39, 0.29) is 0 Å². The van der Waals surface area contributed by atoms with Crippen molar-refractivity contribution in [2.24, 2.45) is 0 Å². The zero-order chi connectivity index (χ0) is 16.5. The van der Waals surface area contributed by atoms with Crippen LogP contribution in [-0.2, 0) is 0 Å². The first-order valence-corrected chi connectivity index (χ1v) is 9.77. The van der Waals surface area contributed by atoms with Gasteiger partial charge in [-0.2, -0.15) is 0 Å². The largest absolute Gasteiger partial charge is 0.103 e. The van der Waals surface area contributed by atoms with Crippen molar-refractivity contribution < 1.29 is 0 Å². The first-order valence-electron chi connectivity index (χ1n) is 9.77. The van der Waals surface area contributed by atoms with E-state index in [0.717, 1.165) is 0 Å². The predicted molar refractivity (Wildman–Crippen MR) is 103 cm³/mol. The van der Waals surface area contributed by atoms with Crippen LogP contribution in [0.4, 0.5) is 0 Å². The van der Waals surface area contributed by atoms with Gasteiger partial charge < -0.3 is 0 Å². The van der Waals surface area contributed by atoms with E-state index in [1.54, 1.807) is 11.1 Å². The first-order chi connectivity index (χ1) is 10.8. The lowest BCUT2D eigenvalue weighted by Crippen LogP contribution is -1.88. The monoisotopic (exact) mass is 304 g/mol. The van der Waals surface area contributed by atoms with Gasteiger partial charge in [0.15, 0.2) is 0 Å². The van der Waals surface area contributed by atoms with Gasteiger partial charge in [-0.15, -0.1) is 6.58 Å². The lowest BCUT2D eigenvalue weighted by Gasteiger charge is -2.08. The van der Waals surface area contributed by atoms with E-state index < -0.39 is 0 Å². The van der Waals surface area contributed by atoms with Crippen LogP contribution in [-0.4, -0.2) is 0 Å². The molecule has 0 aromatic carbocycles. The highest BCUT2D eigenvalue weighted by atomic mass is 14.0. The normalized spacial score (nSPS) is 12.7. The van der Waals surface area contributed by atoms with Crippen LogP contribution in [0.1, 0.15) is 104 Å². The molecular formula is C22H40. The van der Waals surface area contributed by atoms with E-state index in [2.05, 4.69) is 39.5 Å². The summed E-state index contributed by atoms with van der Waals surface area (Å²) in [4.78, 5) is 0. The third kappa shape index (κ3) is 12.9. The Hall–Kier alpha value is -0.780. The average molecular weight is 305 g/mol. The molecule has 0 atom stereocenters. The summed E-state index contributed by atoms with van der Waals surface area (Å²) >= 11 is 0. The van der Waals surface area contributed by atoms with Crippen LogP contribution in [0.5, 0.6) is 0 Å². The zero-order valence-electron chi connectivity index (χ0n) is 15.6. The second-order valence-electron chi connectivity index (χ2n) is 6.42. The molecule has 0 amide bonds. The quantitative estimate of drug-likeness (QED) is 0.163. The van der Waals surface area contributed by atoms with Crippen LogP contribution in [0, 0.1) is 0 Å². The van der Waals surface area contributed by atoms with Gasteiger partial charge in [0.1, 0.15) is 0 Å². The van der Waals surface area contributed by atoms with Crippen molar-refractivity contribution in [1.29, 1.82) is 0 Å². The van der Waals surface area contributed by atoms with Gasteiger partial charge in [0.2, 0.25) is 0 Å². The Morgan fingerprint density at radius 3 is 2.00 bits per heavy atom. The molecule has 0 N–H and O–H groups in total. The van der Waals surface area contributed by atoms with Crippen molar-refractivity contribution in [1.82, 2.24) is 0 Å². The van der Waals surface area contributed by atoms with E-state index in [1.807, 2.05) is 6.08 Å². The average Bonchev–Trinajstić information content (AvgIpc) is 2.54. The van der Waals surface area contributed by atoms with Crippen molar-refractivity contribution in [3.8, 4) is 0 Å². The molecule has 0 spiro atoms. The van der Waals surface area contributed by atoms with Crippen LogP contribution >= 0.6 is 0 Å². The summed E-state index contributed by atoms with van der Waals surface area (Å²) < 4.78 is 0. The fourth-order valence-corrected chi connectivity index (χ4v) is 2.71. The summed E-state index contributed by atoms with van der Waals surface area (Å²) in [6, 6.07) is 0. The van der Waals surface area contributed by atoms with Crippen LogP contribution in [0.25, 0.3) is 0 Å². The van der Waals surface area contributed by atoms with Gasteiger partial charge in [0, 0.05) is 0 Å². The Balaban J connectivity index is 4.31. The highest BCUT2D eigenvalue weighted by molar-refractivity contribution is 5.23. The zero-order valence-corrected chi connectivity index (χ0v) is 15.6. The Labute approximate surface area is 140 Å². The molecule has 0 saturated carbocycles. The molecule has 0 aliphatic heterocycles. The van der Waals surface area contributed by atoms with Gasteiger partial charge in [0.05, 0.1) is 0 Å². The van der Waals surface area contributed by atoms with E-state index in [1.165, 1.54) is 83.5 Å². The van der Waals surface area contributed by atoms with Crippen LogP contribution in [0.3, 0.4) is 0 Å². The molecule has 0 unspecified atom stereocenters. The number of unbranched alkanes of at least 4 members (excludes halogenated alkanes) is 7. The molecule has 0 aromatic rings. The molecule has 0 saturated heterocycles. The van der Waals surface area contributed by atoms with E-state index >= 15 is 0 Å². The Bertz CT molecular complexity index is 306. The van der Waals surface area contributed by atoms with E-state index in [9.17, 15) is 0 Å². The molecule has 0 rings (SSSR count). The molecular weight excluding hydrogens is 264 g/mol. The minimum Gasteiger partial charge on any atom is -0.103 e. The fourth-order valence-electron chi connectivity index (χ4n) is 2.71. The van der Waals surface area contributed by atoms with Gasteiger partial charge in [-0.1, -0.05) is 75.8 Å². The second-order valence-corrected chi connectivity index (χ2v) is 6.42. The molecule has 0 aliphatic carbocycles. The van der Waals surface area contributed by atoms with Crippen LogP contribution in [0.15, 0.2) is 36.0 Å². The Morgan fingerprint density at radius 2 is 1.41 bits per heavy atom. The van der Waals surface area contributed by atoms with Gasteiger partial charge in [0.25, 0.3) is 0 Å². The van der Waals surface area contributed by atoms with Crippen LogP contribution < -0.4 is 0 Å². The lowest BCUT2D eigenvalue weighted by molar-refractivity contribution is 0.651. The van der Waals surface area contributed by atoms with Crippen molar-refractivity contribution >= 4 is 0 Å². The van der Waals surface area contributed by atoms with Gasteiger partial charge in [-0.25, -0.2) is 0 Å². The SMILES string of the molecule is C=CCCCCCCC=C(C=C(CC)CCCC)CCCC. The summed E-state index contributed by atoms with van der Waals surface area (Å²) in [5.74, 6) is 0. The Morgan fingerprint density at radius 1 is 0.773 bits per heavy atom. The molecule has 0 fully saturated rings. The summed E-state index contributed by atoms with van der Waals surface area (Å²) in [6.45, 7) is 10.7. The molecule has 0 bridgehead atoms. The summed E-state index contributed by atoms with van der Waals surface area (Å²) in [5, 5.41) is 0. The third-order valence-corrected chi connectivity index (χ3v) is 4.28. The van der Waals surface area contributed by atoms with Crippen LogP contribution in [0.2, 0.25) is 0 Å². The molecule has 0 heteroatoms. The van der Waals surface area contributed by atoms with Crippen molar-refractivity contribution in [2.45, 2.75) is 104 Å². The predicted octanol–water partition coefficient (Wildman–Crippen LogP) is 8.16. The topological polar surface area (TPSA) is 0 Å². The highest BCUT2D eigenvalue weighted by Crippen LogP contribution is 2.19. The molecule has 128 valence electrons. The maximum absolute atomic E-state index is 3.79. The highest BCUT2D eigenvalue weighted by Gasteiger charge is 1.99. The van der Waals surface area contributed by atoms with Crippen molar-refractivity contribution in [3.63, 3.8) is 0 Å². The molecule has 0 heterocycles. The molecule has 0 aromatic heterocycles. The molecule has 22 heavy (non-hydrogen) atoms. The number of rotatable bonds is 15. The third-order valence-electron chi connectivity index (χ3n) is 4.28. The molecule has 0 aliphatic rings. The molecule has 0 radical (unpaired) electrons. The molecule has 0 nitrogen and oxygen atoms in total. The minimum atomic E-state index is 1.18. The number of hydrogen-bond acceptors (Lipinski definition) is 0. The lowest BCUT2D eigenvalue weighted by atomic mass is 9.99. The van der Waals surface area contributed by atoms with Gasteiger partial charge in [-0.3, -0.25) is 0 Å². The smallest absolute Gasteiger partial charge is 0.0282 e. The summed E-state index contributed by atoms with van der Waals surface area (Å²) in [5.41, 5.74) is 3.25. The maximum atomic E-state index is 3.79. The number of hydrogen-bond donors (Lipinski definition) is 0. The number of allylic oxidation sites excluding steroid dienone is 5. The second kappa shape index (κ2) is 16.6. The summed E-state index contributed by atoms with van der Waals surface area (Å²) in [6.07, 6.45) is 23.9. The Kier molecular flexibility index (Phi) is 16.0. The van der Waals surface area contributed by atoms with Gasteiger partial charge >= 0.3 is 0 Å².